The molecule has 28 heavy (non-hydrogen) atoms. The zero-order valence-electron chi connectivity index (χ0n) is 16.2. The minimum atomic E-state index is 0.0867. The second-order valence-corrected chi connectivity index (χ2v) is 7.68. The molecular formula is C19H26BrN7O. The van der Waals surface area contributed by atoms with Crippen molar-refractivity contribution in [2.75, 3.05) is 20.6 Å². The number of aromatic nitrogens is 3. The molecule has 1 aliphatic heterocycles. The van der Waals surface area contributed by atoms with E-state index >= 15 is 0 Å². The molecule has 0 saturated heterocycles. The first-order valence-electron chi connectivity index (χ1n) is 9.38. The topological polar surface area (TPSA) is 87.4 Å². The maximum absolute atomic E-state index is 12.4. The number of aliphatic imine (C=N–C) groups is 1. The van der Waals surface area contributed by atoms with E-state index in [2.05, 4.69) is 41.6 Å². The fourth-order valence-electron chi connectivity index (χ4n) is 3.19. The van der Waals surface area contributed by atoms with Crippen LogP contribution in [0.1, 0.15) is 24.2 Å². The molecule has 8 nitrogen and oxygen atoms in total. The van der Waals surface area contributed by atoms with Crippen LogP contribution in [-0.4, -0.2) is 58.2 Å². The molecule has 3 rings (SSSR count). The Kier molecular flexibility index (Phi) is 7.02. The molecule has 150 valence electrons. The molecule has 1 aliphatic rings. The van der Waals surface area contributed by atoms with E-state index < -0.39 is 0 Å². The third-order valence-electron chi connectivity index (χ3n) is 4.79. The molecule has 0 radical (unpaired) electrons. The average molecular weight is 448 g/mol. The van der Waals surface area contributed by atoms with Crippen molar-refractivity contribution in [2.45, 2.75) is 38.4 Å². The fourth-order valence-corrected chi connectivity index (χ4v) is 3.60. The van der Waals surface area contributed by atoms with E-state index in [1.54, 1.807) is 18.3 Å². The summed E-state index contributed by atoms with van der Waals surface area (Å²) >= 11 is 3.53. The quantitative estimate of drug-likeness (QED) is 0.518. The highest BCUT2D eigenvalue weighted by molar-refractivity contribution is 9.10. The number of rotatable bonds is 6. The van der Waals surface area contributed by atoms with Crippen LogP contribution in [0, 0.1) is 0 Å². The summed E-state index contributed by atoms with van der Waals surface area (Å²) in [4.78, 5) is 22.7. The number of nitrogens with zero attached hydrogens (tertiary/aromatic N) is 5. The molecule has 1 aromatic heterocycles. The van der Waals surface area contributed by atoms with Crippen molar-refractivity contribution < 1.29 is 4.79 Å². The Morgan fingerprint density at radius 1 is 1.43 bits per heavy atom. The van der Waals surface area contributed by atoms with Crippen LogP contribution in [0.15, 0.2) is 40.1 Å². The molecule has 0 fully saturated rings. The Morgan fingerprint density at radius 2 is 2.25 bits per heavy atom. The number of carbonyl (C=O) groups is 1. The van der Waals surface area contributed by atoms with Crippen molar-refractivity contribution in [1.82, 2.24) is 30.3 Å². The van der Waals surface area contributed by atoms with Crippen LogP contribution in [-0.2, 0) is 24.3 Å². The number of hydrogen-bond donors (Lipinski definition) is 2. The molecule has 0 aliphatic carbocycles. The van der Waals surface area contributed by atoms with E-state index in [1.165, 1.54) is 0 Å². The molecule has 2 heterocycles. The normalized spacial score (nSPS) is 16.4. The number of carbonyl (C=O) groups excluding carboxylic acids is 1. The molecule has 1 unspecified atom stereocenters. The second kappa shape index (κ2) is 9.68. The van der Waals surface area contributed by atoms with Gasteiger partial charge in [0.25, 0.3) is 0 Å². The highest BCUT2D eigenvalue weighted by Gasteiger charge is 2.20. The standard InChI is InChI=1S/C19H26BrN7O/c1-21-19(25-15-7-8-17-23-13-24-27(17)12-15)22-10-9-18(28)26(2)11-14-5-3-4-6-16(14)20/h3-6,13,15H,7-12H2,1-2H3,(H2,21,22,25). The molecule has 0 bridgehead atoms. The Labute approximate surface area is 173 Å². The molecule has 1 atom stereocenters. The lowest BCUT2D eigenvalue weighted by Crippen LogP contribution is -2.47. The minimum absolute atomic E-state index is 0.0867. The highest BCUT2D eigenvalue weighted by Crippen LogP contribution is 2.17. The van der Waals surface area contributed by atoms with Gasteiger partial charge in [-0.25, -0.2) is 9.67 Å². The largest absolute Gasteiger partial charge is 0.356 e. The average Bonchev–Trinajstić information content (AvgIpc) is 3.16. The van der Waals surface area contributed by atoms with Crippen molar-refractivity contribution in [2.24, 2.45) is 4.99 Å². The van der Waals surface area contributed by atoms with E-state index in [0.29, 0.717) is 25.5 Å². The molecule has 0 spiro atoms. The molecule has 1 amide bonds. The summed E-state index contributed by atoms with van der Waals surface area (Å²) in [6.07, 6.45) is 3.88. The smallest absolute Gasteiger partial charge is 0.224 e. The van der Waals surface area contributed by atoms with Gasteiger partial charge in [-0.05, 0) is 18.1 Å². The number of halogens is 1. The van der Waals surface area contributed by atoms with Crippen LogP contribution >= 0.6 is 15.9 Å². The van der Waals surface area contributed by atoms with Gasteiger partial charge in [0.2, 0.25) is 5.91 Å². The lowest BCUT2D eigenvalue weighted by molar-refractivity contribution is -0.130. The van der Waals surface area contributed by atoms with Gasteiger partial charge in [0.05, 0.1) is 6.54 Å². The zero-order chi connectivity index (χ0) is 19.9. The summed E-state index contributed by atoms with van der Waals surface area (Å²) in [5.74, 6) is 1.82. The van der Waals surface area contributed by atoms with E-state index in [0.717, 1.165) is 35.2 Å². The first-order valence-corrected chi connectivity index (χ1v) is 10.2. The third kappa shape index (κ3) is 5.31. The van der Waals surface area contributed by atoms with E-state index in [-0.39, 0.29) is 11.9 Å². The van der Waals surface area contributed by atoms with Crippen LogP contribution in [0.2, 0.25) is 0 Å². The van der Waals surface area contributed by atoms with Gasteiger partial charge < -0.3 is 15.5 Å². The van der Waals surface area contributed by atoms with Crippen LogP contribution in [0.25, 0.3) is 0 Å². The van der Waals surface area contributed by atoms with E-state index in [1.807, 2.05) is 36.0 Å². The van der Waals surface area contributed by atoms with E-state index in [9.17, 15) is 4.79 Å². The minimum Gasteiger partial charge on any atom is -0.356 e. The summed E-state index contributed by atoms with van der Waals surface area (Å²) in [6.45, 7) is 1.87. The predicted octanol–water partition coefficient (Wildman–Crippen LogP) is 1.57. The zero-order valence-corrected chi connectivity index (χ0v) is 17.8. The Balaban J connectivity index is 1.41. The van der Waals surface area contributed by atoms with Crippen LogP contribution in [0.4, 0.5) is 0 Å². The van der Waals surface area contributed by atoms with Gasteiger partial charge in [-0.1, -0.05) is 34.1 Å². The summed E-state index contributed by atoms with van der Waals surface area (Å²) in [5.41, 5.74) is 1.09. The number of fused-ring (bicyclic) bond motifs is 1. The fraction of sp³-hybridized carbons (Fsp3) is 0.474. The second-order valence-electron chi connectivity index (χ2n) is 6.83. The van der Waals surface area contributed by atoms with Gasteiger partial charge in [-0.2, -0.15) is 5.10 Å². The summed E-state index contributed by atoms with van der Waals surface area (Å²) in [7, 11) is 3.56. The SMILES string of the molecule is CN=C(NCCC(=O)N(C)Cc1ccccc1Br)NC1CCc2ncnn2C1. The number of amides is 1. The van der Waals surface area contributed by atoms with Crippen molar-refractivity contribution in [3.05, 3.63) is 46.5 Å². The lowest BCUT2D eigenvalue weighted by Gasteiger charge is -2.25. The van der Waals surface area contributed by atoms with E-state index in [4.69, 9.17) is 0 Å². The third-order valence-corrected chi connectivity index (χ3v) is 5.57. The first-order chi connectivity index (χ1) is 13.6. The maximum Gasteiger partial charge on any atom is 0.224 e. The van der Waals surface area contributed by atoms with Gasteiger partial charge in [-0.15, -0.1) is 0 Å². The van der Waals surface area contributed by atoms with Gasteiger partial charge in [0, 0.05) is 50.5 Å². The molecule has 9 heteroatoms. The Morgan fingerprint density at radius 3 is 3.04 bits per heavy atom. The molecule has 2 N–H and O–H groups in total. The summed E-state index contributed by atoms with van der Waals surface area (Å²) in [6, 6.07) is 8.19. The first kappa shape index (κ1) is 20.3. The van der Waals surface area contributed by atoms with Gasteiger partial charge in [-0.3, -0.25) is 9.79 Å². The van der Waals surface area contributed by atoms with Crippen LogP contribution in [0.5, 0.6) is 0 Å². The van der Waals surface area contributed by atoms with Crippen LogP contribution in [0.3, 0.4) is 0 Å². The molecular weight excluding hydrogens is 422 g/mol. The number of benzene rings is 1. The number of hydrogen-bond acceptors (Lipinski definition) is 4. The number of nitrogens with one attached hydrogen (secondary N) is 2. The van der Waals surface area contributed by atoms with Crippen molar-refractivity contribution in [1.29, 1.82) is 0 Å². The summed E-state index contributed by atoms with van der Waals surface area (Å²) < 4.78 is 2.94. The highest BCUT2D eigenvalue weighted by atomic mass is 79.9. The molecule has 1 aromatic carbocycles. The van der Waals surface area contributed by atoms with Gasteiger partial charge in [0.1, 0.15) is 12.2 Å². The van der Waals surface area contributed by atoms with Crippen LogP contribution < -0.4 is 10.6 Å². The van der Waals surface area contributed by atoms with Crippen molar-refractivity contribution in [3.8, 4) is 0 Å². The van der Waals surface area contributed by atoms with Gasteiger partial charge >= 0.3 is 0 Å². The van der Waals surface area contributed by atoms with Crippen molar-refractivity contribution >= 4 is 27.8 Å². The van der Waals surface area contributed by atoms with Gasteiger partial charge in [0.15, 0.2) is 5.96 Å². The predicted molar refractivity (Wildman–Crippen MR) is 112 cm³/mol. The maximum atomic E-state index is 12.4. The van der Waals surface area contributed by atoms with Crippen molar-refractivity contribution in [3.63, 3.8) is 0 Å². The number of aryl methyl sites for hydroxylation is 1. The number of guanidine groups is 1. The molecule has 0 saturated carbocycles. The Hall–Kier alpha value is -2.42. The lowest BCUT2D eigenvalue weighted by atomic mass is 10.1. The summed E-state index contributed by atoms with van der Waals surface area (Å²) in [5, 5.41) is 10.9. The monoisotopic (exact) mass is 447 g/mol. The Bertz CT molecular complexity index is 835. The molecule has 2 aromatic rings.